The molecule has 3 rings (SSSR count). The fraction of sp³-hybridized carbons (Fsp3) is 0.429. The third kappa shape index (κ3) is 7.22. The predicted octanol–water partition coefficient (Wildman–Crippen LogP) is 4.64. The third-order valence-corrected chi connectivity index (χ3v) is 6.95. The number of carbonyl (C=O) groups excluding carboxylic acids is 2. The summed E-state index contributed by atoms with van der Waals surface area (Å²) < 4.78 is 24.5. The van der Waals surface area contributed by atoms with E-state index in [9.17, 15) is 9.59 Å². The van der Waals surface area contributed by atoms with Gasteiger partial charge in [0.05, 0.1) is 39.3 Å². The van der Waals surface area contributed by atoms with Crippen molar-refractivity contribution in [1.29, 1.82) is 0 Å². The molecular formula is C28H36N4O5S. The maximum absolute atomic E-state index is 14.1. The lowest BCUT2D eigenvalue weighted by Crippen LogP contribution is -2.53. The number of nitrogens with zero attached hydrogens (tertiary/aromatic N) is 3. The summed E-state index contributed by atoms with van der Waals surface area (Å²) in [7, 11) is 4.56. The van der Waals surface area contributed by atoms with Crippen molar-refractivity contribution in [2.75, 3.05) is 21.3 Å². The van der Waals surface area contributed by atoms with Gasteiger partial charge in [0.25, 0.3) is 5.91 Å². The fourth-order valence-electron chi connectivity index (χ4n) is 4.55. The number of allylic oxidation sites excluding steroid dienone is 1. The molecular weight excluding hydrogens is 504 g/mol. The SMILES string of the molecule is C=C(OC)/C(OC)=C(\C=C/C)[C@H](C(=O)NC1CCCCC1)N(Cc1ccc(OC)cc1)C(=O)c1cnsn1. The number of hydrogen-bond acceptors (Lipinski definition) is 8. The van der Waals surface area contributed by atoms with E-state index in [-0.39, 0.29) is 35.7 Å². The lowest BCUT2D eigenvalue weighted by molar-refractivity contribution is -0.125. The zero-order valence-electron chi connectivity index (χ0n) is 22.4. The number of hydrogen-bond donors (Lipinski definition) is 1. The maximum Gasteiger partial charge on any atom is 0.276 e. The van der Waals surface area contributed by atoms with E-state index in [1.165, 1.54) is 25.3 Å². The van der Waals surface area contributed by atoms with Crippen LogP contribution in [0.5, 0.6) is 5.75 Å². The largest absolute Gasteiger partial charge is 0.497 e. The third-order valence-electron chi connectivity index (χ3n) is 6.47. The first-order valence-corrected chi connectivity index (χ1v) is 13.3. The molecule has 1 atom stereocenters. The van der Waals surface area contributed by atoms with Crippen molar-refractivity contribution >= 4 is 23.5 Å². The number of carbonyl (C=O) groups is 2. The monoisotopic (exact) mass is 540 g/mol. The van der Waals surface area contributed by atoms with Gasteiger partial charge in [0.15, 0.2) is 17.2 Å². The Bertz CT molecular complexity index is 1140. The van der Waals surface area contributed by atoms with Gasteiger partial charge in [0.1, 0.15) is 11.8 Å². The number of aromatic nitrogens is 2. The molecule has 0 spiro atoms. The van der Waals surface area contributed by atoms with Gasteiger partial charge >= 0.3 is 0 Å². The summed E-state index contributed by atoms with van der Waals surface area (Å²) in [4.78, 5) is 29.5. The van der Waals surface area contributed by atoms with Crippen LogP contribution < -0.4 is 10.1 Å². The predicted molar refractivity (Wildman–Crippen MR) is 147 cm³/mol. The van der Waals surface area contributed by atoms with Gasteiger partial charge in [0, 0.05) is 18.2 Å². The van der Waals surface area contributed by atoms with E-state index in [1.807, 2.05) is 31.2 Å². The van der Waals surface area contributed by atoms with Crippen LogP contribution in [0.4, 0.5) is 0 Å². The first kappa shape index (κ1) is 28.9. The molecule has 0 bridgehead atoms. The highest BCUT2D eigenvalue weighted by atomic mass is 32.1. The van der Waals surface area contributed by atoms with Crippen LogP contribution in [0.3, 0.4) is 0 Å². The van der Waals surface area contributed by atoms with E-state index in [2.05, 4.69) is 20.6 Å². The lowest BCUT2D eigenvalue weighted by atomic mass is 9.94. The van der Waals surface area contributed by atoms with Gasteiger partial charge in [0.2, 0.25) is 5.91 Å². The second-order valence-corrected chi connectivity index (χ2v) is 9.49. The van der Waals surface area contributed by atoms with Crippen molar-refractivity contribution in [2.45, 2.75) is 57.7 Å². The Morgan fingerprint density at radius 3 is 2.42 bits per heavy atom. The molecule has 0 aliphatic heterocycles. The van der Waals surface area contributed by atoms with Crippen molar-refractivity contribution in [2.24, 2.45) is 0 Å². The fourth-order valence-corrected chi connectivity index (χ4v) is 4.95. The van der Waals surface area contributed by atoms with E-state index in [0.29, 0.717) is 11.3 Å². The highest BCUT2D eigenvalue weighted by molar-refractivity contribution is 6.99. The van der Waals surface area contributed by atoms with E-state index in [4.69, 9.17) is 14.2 Å². The summed E-state index contributed by atoms with van der Waals surface area (Å²) in [6.45, 7) is 5.91. The van der Waals surface area contributed by atoms with Gasteiger partial charge in [-0.05, 0) is 37.5 Å². The summed E-state index contributed by atoms with van der Waals surface area (Å²) in [5.74, 6) is 0.461. The van der Waals surface area contributed by atoms with Crippen molar-refractivity contribution in [3.63, 3.8) is 0 Å². The van der Waals surface area contributed by atoms with Gasteiger partial charge < -0.3 is 24.4 Å². The van der Waals surface area contributed by atoms with Crippen LogP contribution in [0.1, 0.15) is 55.1 Å². The minimum Gasteiger partial charge on any atom is -0.497 e. The summed E-state index contributed by atoms with van der Waals surface area (Å²) in [5.41, 5.74) is 1.41. The first-order chi connectivity index (χ1) is 18.4. The highest BCUT2D eigenvalue weighted by Crippen LogP contribution is 2.27. The van der Waals surface area contributed by atoms with Crippen LogP contribution in [0.2, 0.25) is 0 Å². The molecule has 1 aliphatic carbocycles. The summed E-state index contributed by atoms with van der Waals surface area (Å²) in [6.07, 6.45) is 10.00. The van der Waals surface area contributed by atoms with Gasteiger partial charge in [-0.2, -0.15) is 8.75 Å². The van der Waals surface area contributed by atoms with E-state index in [1.54, 1.807) is 19.3 Å². The molecule has 0 unspecified atom stereocenters. The summed E-state index contributed by atoms with van der Waals surface area (Å²) >= 11 is 0.934. The van der Waals surface area contributed by atoms with Crippen molar-refractivity contribution in [3.8, 4) is 5.75 Å². The van der Waals surface area contributed by atoms with Crippen molar-refractivity contribution < 1.29 is 23.8 Å². The van der Waals surface area contributed by atoms with Crippen LogP contribution >= 0.6 is 11.7 Å². The standard InChI is InChI=1S/C28H36N4O5S/c1-6-10-23(26(37-5)19(2)35-3)25(27(33)30-21-11-8-7-9-12-21)32(28(34)24-17-29-38-31-24)18-20-13-15-22(36-4)16-14-20/h6,10,13-17,21,25H,2,7-9,11-12,18H2,1,3-5H3,(H,30,33)/b10-6-,26-23-/t25-/m1/s1. The molecule has 1 saturated carbocycles. The number of methoxy groups -OCH3 is 3. The number of ether oxygens (including phenoxy) is 3. The van der Waals surface area contributed by atoms with Crippen LogP contribution in [0.15, 0.2) is 66.3 Å². The molecule has 9 nitrogen and oxygen atoms in total. The van der Waals surface area contributed by atoms with Crippen LogP contribution in [-0.2, 0) is 20.8 Å². The smallest absolute Gasteiger partial charge is 0.276 e. The summed E-state index contributed by atoms with van der Waals surface area (Å²) in [6, 6.07) is 6.32. The minimum atomic E-state index is -1.06. The molecule has 1 aromatic carbocycles. The Labute approximate surface area is 228 Å². The van der Waals surface area contributed by atoms with Crippen LogP contribution in [-0.4, -0.2) is 58.9 Å². The van der Waals surface area contributed by atoms with Crippen LogP contribution in [0, 0.1) is 0 Å². The Hall–Kier alpha value is -3.66. The number of rotatable bonds is 12. The van der Waals surface area contributed by atoms with Gasteiger partial charge in [-0.3, -0.25) is 9.59 Å². The van der Waals surface area contributed by atoms with Gasteiger partial charge in [-0.1, -0.05) is 50.1 Å². The summed E-state index contributed by atoms with van der Waals surface area (Å²) in [5, 5.41) is 3.20. The Morgan fingerprint density at radius 1 is 1.16 bits per heavy atom. The van der Waals surface area contributed by atoms with Crippen molar-refractivity contribution in [3.05, 3.63) is 77.5 Å². The first-order valence-electron chi connectivity index (χ1n) is 12.6. The average molecular weight is 541 g/mol. The number of nitrogens with one attached hydrogen (secondary N) is 1. The molecule has 1 aliphatic rings. The van der Waals surface area contributed by atoms with Gasteiger partial charge in [-0.25, -0.2) is 0 Å². The second kappa shape index (κ2) is 14.3. The number of benzene rings is 1. The molecule has 0 saturated heterocycles. The van der Waals surface area contributed by atoms with Crippen molar-refractivity contribution in [1.82, 2.24) is 19.0 Å². The molecule has 204 valence electrons. The minimum absolute atomic E-state index is 0.0288. The molecule has 38 heavy (non-hydrogen) atoms. The maximum atomic E-state index is 14.1. The Morgan fingerprint density at radius 2 is 1.87 bits per heavy atom. The zero-order chi connectivity index (χ0) is 27.5. The van der Waals surface area contributed by atoms with Gasteiger partial charge in [-0.15, -0.1) is 0 Å². The molecule has 0 radical (unpaired) electrons. The van der Waals surface area contributed by atoms with Crippen LogP contribution in [0.25, 0.3) is 0 Å². The normalized spacial score (nSPS) is 15.4. The molecule has 1 aromatic heterocycles. The van der Waals surface area contributed by atoms with E-state index >= 15 is 0 Å². The Kier molecular flexibility index (Phi) is 10.9. The second-order valence-electron chi connectivity index (χ2n) is 8.94. The lowest BCUT2D eigenvalue weighted by Gasteiger charge is -2.34. The molecule has 10 heteroatoms. The molecule has 1 fully saturated rings. The average Bonchev–Trinajstić information content (AvgIpc) is 3.48. The molecule has 2 aromatic rings. The van der Waals surface area contributed by atoms with E-state index < -0.39 is 11.9 Å². The van der Waals surface area contributed by atoms with E-state index in [0.717, 1.165) is 49.4 Å². The highest BCUT2D eigenvalue weighted by Gasteiger charge is 2.37. The molecule has 2 amide bonds. The Balaban J connectivity index is 2.16. The molecule has 1 heterocycles. The quantitative estimate of drug-likeness (QED) is 0.309. The zero-order valence-corrected chi connectivity index (χ0v) is 23.3. The number of amides is 2. The molecule has 1 N–H and O–H groups in total. The topological polar surface area (TPSA) is 103 Å².